The Hall–Kier alpha value is -2.21. The molecule has 0 aromatic carbocycles. The van der Waals surface area contributed by atoms with E-state index in [4.69, 9.17) is 0 Å². The highest BCUT2D eigenvalue weighted by molar-refractivity contribution is 5.95. The van der Waals surface area contributed by atoms with Crippen molar-refractivity contribution < 1.29 is 4.79 Å². The molecule has 2 aliphatic heterocycles. The van der Waals surface area contributed by atoms with E-state index in [2.05, 4.69) is 15.0 Å². The van der Waals surface area contributed by atoms with E-state index in [1.165, 1.54) is 25.8 Å². The Kier molecular flexibility index (Phi) is 4.06. The third-order valence-electron chi connectivity index (χ3n) is 5.23. The van der Waals surface area contributed by atoms with Crippen LogP contribution >= 0.6 is 0 Å². The van der Waals surface area contributed by atoms with E-state index in [1.807, 2.05) is 30.0 Å². The molecule has 1 amide bonds. The molecule has 1 atom stereocenters. The molecule has 24 heavy (non-hydrogen) atoms. The molecule has 0 bridgehead atoms. The summed E-state index contributed by atoms with van der Waals surface area (Å²) in [4.78, 5) is 21.8. The lowest BCUT2D eigenvalue weighted by atomic mass is 9.99. The number of hydrogen-bond donors (Lipinski definition) is 0. The van der Waals surface area contributed by atoms with Gasteiger partial charge in [0, 0.05) is 31.9 Å². The standard InChI is InChI=1S/C18H23N5O/c1-14-16(12-20-23(14)17-7-2-4-8-19-17)18(24)22-11-10-21-9-5-3-6-15(21)13-22/h2,4,7-8,12,15H,3,5-6,9-11,13H2,1H3/t15-/m1/s1. The first-order chi connectivity index (χ1) is 11.7. The van der Waals surface area contributed by atoms with Crippen LogP contribution in [0.5, 0.6) is 0 Å². The smallest absolute Gasteiger partial charge is 0.257 e. The normalized spacial score (nSPS) is 21.5. The Morgan fingerprint density at radius 1 is 1.21 bits per heavy atom. The number of aromatic nitrogens is 3. The summed E-state index contributed by atoms with van der Waals surface area (Å²) in [7, 11) is 0. The fourth-order valence-corrected chi connectivity index (χ4v) is 3.84. The van der Waals surface area contributed by atoms with Gasteiger partial charge >= 0.3 is 0 Å². The van der Waals surface area contributed by atoms with Crippen molar-refractivity contribution in [1.82, 2.24) is 24.6 Å². The van der Waals surface area contributed by atoms with Gasteiger partial charge in [0.05, 0.1) is 17.5 Å². The van der Waals surface area contributed by atoms with Crippen LogP contribution in [-0.2, 0) is 0 Å². The molecule has 2 fully saturated rings. The van der Waals surface area contributed by atoms with Crippen LogP contribution in [0.2, 0.25) is 0 Å². The lowest BCUT2D eigenvalue weighted by Crippen LogP contribution is -2.56. The zero-order valence-electron chi connectivity index (χ0n) is 14.1. The predicted octanol–water partition coefficient (Wildman–Crippen LogP) is 1.89. The molecular weight excluding hydrogens is 302 g/mol. The Balaban J connectivity index is 1.54. The van der Waals surface area contributed by atoms with Crippen LogP contribution in [0.25, 0.3) is 5.82 Å². The monoisotopic (exact) mass is 325 g/mol. The molecular formula is C18H23N5O. The molecule has 6 nitrogen and oxygen atoms in total. The Labute approximate surface area is 142 Å². The lowest BCUT2D eigenvalue weighted by molar-refractivity contribution is 0.0372. The first-order valence-electron chi connectivity index (χ1n) is 8.73. The van der Waals surface area contributed by atoms with Gasteiger partial charge in [0.1, 0.15) is 0 Å². The van der Waals surface area contributed by atoms with Crippen LogP contribution in [0.4, 0.5) is 0 Å². The van der Waals surface area contributed by atoms with Gasteiger partial charge in [-0.1, -0.05) is 12.5 Å². The van der Waals surface area contributed by atoms with E-state index in [0.717, 1.165) is 31.1 Å². The molecule has 2 aromatic heterocycles. The minimum absolute atomic E-state index is 0.0971. The minimum Gasteiger partial charge on any atom is -0.336 e. The van der Waals surface area contributed by atoms with E-state index in [0.29, 0.717) is 11.6 Å². The number of piperazine rings is 1. The highest BCUT2D eigenvalue weighted by Gasteiger charge is 2.32. The molecule has 2 aromatic rings. The van der Waals surface area contributed by atoms with Crippen LogP contribution in [0.3, 0.4) is 0 Å². The number of rotatable bonds is 2. The number of pyridine rings is 1. The van der Waals surface area contributed by atoms with E-state index in [1.54, 1.807) is 17.1 Å². The van der Waals surface area contributed by atoms with E-state index >= 15 is 0 Å². The van der Waals surface area contributed by atoms with Crippen molar-refractivity contribution in [2.24, 2.45) is 0 Å². The highest BCUT2D eigenvalue weighted by atomic mass is 16.2. The fraction of sp³-hybridized carbons (Fsp3) is 0.500. The third-order valence-corrected chi connectivity index (χ3v) is 5.23. The van der Waals surface area contributed by atoms with Gasteiger partial charge in [-0.05, 0) is 38.4 Å². The Morgan fingerprint density at radius 3 is 2.96 bits per heavy atom. The van der Waals surface area contributed by atoms with Gasteiger partial charge in [-0.25, -0.2) is 9.67 Å². The second-order valence-electron chi connectivity index (χ2n) is 6.68. The van der Waals surface area contributed by atoms with Crippen molar-refractivity contribution >= 4 is 5.91 Å². The van der Waals surface area contributed by atoms with E-state index in [-0.39, 0.29) is 5.91 Å². The average Bonchev–Trinajstić information content (AvgIpc) is 3.03. The van der Waals surface area contributed by atoms with Crippen molar-refractivity contribution in [1.29, 1.82) is 0 Å². The number of piperidine rings is 1. The summed E-state index contributed by atoms with van der Waals surface area (Å²) >= 11 is 0. The highest BCUT2D eigenvalue weighted by Crippen LogP contribution is 2.23. The van der Waals surface area contributed by atoms with Crippen LogP contribution in [0, 0.1) is 6.92 Å². The maximum absolute atomic E-state index is 13.0. The largest absolute Gasteiger partial charge is 0.336 e. The molecule has 2 aliphatic rings. The molecule has 0 unspecified atom stereocenters. The quantitative estimate of drug-likeness (QED) is 0.846. The second kappa shape index (κ2) is 6.36. The SMILES string of the molecule is Cc1c(C(=O)N2CCN3CCCC[C@@H]3C2)cnn1-c1ccccn1. The molecule has 0 saturated carbocycles. The fourth-order valence-electron chi connectivity index (χ4n) is 3.84. The predicted molar refractivity (Wildman–Crippen MR) is 91.2 cm³/mol. The maximum atomic E-state index is 13.0. The summed E-state index contributed by atoms with van der Waals surface area (Å²) in [6.07, 6.45) is 7.19. The van der Waals surface area contributed by atoms with E-state index in [9.17, 15) is 4.79 Å². The van der Waals surface area contributed by atoms with Crippen LogP contribution < -0.4 is 0 Å². The number of carbonyl (C=O) groups excluding carboxylic acids is 1. The minimum atomic E-state index is 0.0971. The number of hydrogen-bond acceptors (Lipinski definition) is 4. The van der Waals surface area contributed by atoms with Gasteiger partial charge < -0.3 is 4.90 Å². The number of carbonyl (C=O) groups is 1. The summed E-state index contributed by atoms with van der Waals surface area (Å²) in [5, 5.41) is 4.38. The number of amides is 1. The molecule has 0 N–H and O–H groups in total. The molecule has 0 aliphatic carbocycles. The summed E-state index contributed by atoms with van der Waals surface area (Å²) in [6, 6.07) is 6.22. The topological polar surface area (TPSA) is 54.3 Å². The molecule has 126 valence electrons. The summed E-state index contributed by atoms with van der Waals surface area (Å²) in [5.74, 6) is 0.839. The average molecular weight is 325 g/mol. The van der Waals surface area contributed by atoms with Crippen LogP contribution in [-0.4, -0.2) is 62.7 Å². The Morgan fingerprint density at radius 2 is 2.12 bits per heavy atom. The Bertz CT molecular complexity index is 726. The molecule has 0 spiro atoms. The molecule has 2 saturated heterocycles. The van der Waals surface area contributed by atoms with Crippen molar-refractivity contribution in [3.63, 3.8) is 0 Å². The first-order valence-corrected chi connectivity index (χ1v) is 8.73. The first kappa shape index (κ1) is 15.3. The maximum Gasteiger partial charge on any atom is 0.257 e. The van der Waals surface area contributed by atoms with Crippen LogP contribution in [0.1, 0.15) is 35.3 Å². The lowest BCUT2D eigenvalue weighted by Gasteiger charge is -2.44. The third kappa shape index (κ3) is 2.71. The van der Waals surface area contributed by atoms with Gasteiger partial charge in [-0.2, -0.15) is 5.10 Å². The second-order valence-corrected chi connectivity index (χ2v) is 6.68. The van der Waals surface area contributed by atoms with Crippen molar-refractivity contribution in [3.05, 3.63) is 41.9 Å². The zero-order valence-corrected chi connectivity index (χ0v) is 14.1. The van der Waals surface area contributed by atoms with Crippen molar-refractivity contribution in [3.8, 4) is 5.82 Å². The summed E-state index contributed by atoms with van der Waals surface area (Å²) in [6.45, 7) is 5.76. The number of nitrogens with zero attached hydrogens (tertiary/aromatic N) is 5. The molecule has 4 heterocycles. The van der Waals surface area contributed by atoms with Gasteiger partial charge in [0.25, 0.3) is 5.91 Å². The summed E-state index contributed by atoms with van der Waals surface area (Å²) < 4.78 is 1.74. The van der Waals surface area contributed by atoms with Crippen LogP contribution in [0.15, 0.2) is 30.6 Å². The molecule has 4 rings (SSSR count). The van der Waals surface area contributed by atoms with Gasteiger partial charge in [-0.15, -0.1) is 0 Å². The van der Waals surface area contributed by atoms with E-state index < -0.39 is 0 Å². The van der Waals surface area contributed by atoms with Gasteiger partial charge in [0.2, 0.25) is 0 Å². The molecule has 0 radical (unpaired) electrons. The number of fused-ring (bicyclic) bond motifs is 1. The summed E-state index contributed by atoms with van der Waals surface area (Å²) in [5.41, 5.74) is 1.54. The van der Waals surface area contributed by atoms with Crippen molar-refractivity contribution in [2.45, 2.75) is 32.2 Å². The van der Waals surface area contributed by atoms with Gasteiger partial charge in [-0.3, -0.25) is 9.69 Å². The van der Waals surface area contributed by atoms with Gasteiger partial charge in [0.15, 0.2) is 5.82 Å². The van der Waals surface area contributed by atoms with Crippen molar-refractivity contribution in [2.75, 3.05) is 26.2 Å². The zero-order chi connectivity index (χ0) is 16.5. The molecule has 6 heteroatoms.